The van der Waals surface area contributed by atoms with E-state index < -0.39 is 5.97 Å². The molecule has 2 N–H and O–H groups in total. The van der Waals surface area contributed by atoms with Gasteiger partial charge in [0.15, 0.2) is 0 Å². The Labute approximate surface area is 79.6 Å². The molecule has 1 aromatic rings. The van der Waals surface area contributed by atoms with Crippen molar-refractivity contribution in [1.29, 1.82) is 0 Å². The highest BCUT2D eigenvalue weighted by Crippen LogP contribution is 2.36. The zero-order chi connectivity index (χ0) is 9.42. The maximum absolute atomic E-state index is 10.8. The molecule has 1 aromatic carbocycles. The first kappa shape index (κ1) is 8.40. The van der Waals surface area contributed by atoms with Gasteiger partial charge in [0.2, 0.25) is 0 Å². The first-order chi connectivity index (χ1) is 6.20. The first-order valence-corrected chi connectivity index (χ1v) is 4.54. The summed E-state index contributed by atoms with van der Waals surface area (Å²) in [6.07, 6.45) is 0. The minimum Gasteiger partial charge on any atom is -0.478 e. The Kier molecular flexibility index (Phi) is 1.90. The van der Waals surface area contributed by atoms with Crippen LogP contribution in [0.1, 0.15) is 10.4 Å². The maximum Gasteiger partial charge on any atom is 0.336 e. The van der Waals surface area contributed by atoms with Gasteiger partial charge in [-0.15, -0.1) is 0 Å². The van der Waals surface area contributed by atoms with E-state index in [1.165, 1.54) is 11.9 Å². The second-order valence-electron chi connectivity index (χ2n) is 2.71. The van der Waals surface area contributed by atoms with Crippen molar-refractivity contribution in [2.45, 2.75) is 4.90 Å². The van der Waals surface area contributed by atoms with Gasteiger partial charge in [0, 0.05) is 7.05 Å². The van der Waals surface area contributed by atoms with Crippen LogP contribution in [0.2, 0.25) is 0 Å². The summed E-state index contributed by atoms with van der Waals surface area (Å²) in [5.74, 6) is -0.888. The van der Waals surface area contributed by atoms with E-state index in [9.17, 15) is 4.79 Å². The Balaban J connectivity index is 2.57. The van der Waals surface area contributed by atoms with E-state index >= 15 is 0 Å². The van der Waals surface area contributed by atoms with Crippen LogP contribution in [0.5, 0.6) is 0 Å². The fourth-order valence-corrected chi connectivity index (χ4v) is 2.13. The lowest BCUT2D eigenvalue weighted by Crippen LogP contribution is -2.22. The van der Waals surface area contributed by atoms with E-state index in [4.69, 9.17) is 5.11 Å². The highest BCUT2D eigenvalue weighted by Gasteiger charge is 2.22. The third-order valence-electron chi connectivity index (χ3n) is 1.87. The van der Waals surface area contributed by atoms with Crippen molar-refractivity contribution in [3.63, 3.8) is 0 Å². The number of anilines is 1. The van der Waals surface area contributed by atoms with E-state index in [-0.39, 0.29) is 0 Å². The van der Waals surface area contributed by atoms with Crippen molar-refractivity contribution < 1.29 is 9.90 Å². The lowest BCUT2D eigenvalue weighted by Gasteiger charge is -2.09. The summed E-state index contributed by atoms with van der Waals surface area (Å²) in [7, 11) is 1.85. The standard InChI is InChI=1S/C8H8N2O2S/c1-10-6-4-2-3-5(8(11)12)7(6)13-9-10/h2-4,9H,1H3,(H,11,12). The molecule has 0 unspecified atom stereocenters. The van der Waals surface area contributed by atoms with E-state index in [1.54, 1.807) is 17.1 Å². The Hall–Kier alpha value is -1.20. The van der Waals surface area contributed by atoms with Crippen LogP contribution in [-0.2, 0) is 0 Å². The lowest BCUT2D eigenvalue weighted by molar-refractivity contribution is 0.0693. The number of rotatable bonds is 1. The van der Waals surface area contributed by atoms with Gasteiger partial charge in [-0.3, -0.25) is 0 Å². The quantitative estimate of drug-likeness (QED) is 0.664. The van der Waals surface area contributed by atoms with Crippen LogP contribution in [0, 0.1) is 0 Å². The minimum absolute atomic E-state index is 0.347. The number of hydrogen-bond donors (Lipinski definition) is 2. The molecule has 5 heteroatoms. The molecular weight excluding hydrogens is 188 g/mol. The zero-order valence-corrected chi connectivity index (χ0v) is 7.76. The SMILES string of the molecule is CN1NSc2c(C(=O)O)cccc21. The molecule has 0 radical (unpaired) electrons. The number of carbonyl (C=O) groups is 1. The summed E-state index contributed by atoms with van der Waals surface area (Å²) in [5, 5.41) is 10.7. The van der Waals surface area contributed by atoms with Crippen molar-refractivity contribution in [3.8, 4) is 0 Å². The predicted octanol–water partition coefficient (Wildman–Crippen LogP) is 1.35. The van der Waals surface area contributed by atoms with Crippen LogP contribution in [0.3, 0.4) is 0 Å². The summed E-state index contributed by atoms with van der Waals surface area (Å²) < 4.78 is 0. The third kappa shape index (κ3) is 1.26. The number of fused-ring (bicyclic) bond motifs is 1. The maximum atomic E-state index is 10.8. The highest BCUT2D eigenvalue weighted by molar-refractivity contribution is 7.98. The molecular formula is C8H8N2O2S. The minimum atomic E-state index is -0.888. The molecule has 0 aromatic heterocycles. The van der Waals surface area contributed by atoms with Gasteiger partial charge in [-0.1, -0.05) is 6.07 Å². The normalized spacial score (nSPS) is 14.4. The monoisotopic (exact) mass is 196 g/mol. The van der Waals surface area contributed by atoms with Gasteiger partial charge >= 0.3 is 5.97 Å². The number of carboxylic acids is 1. The third-order valence-corrected chi connectivity index (χ3v) is 2.87. The molecule has 68 valence electrons. The van der Waals surface area contributed by atoms with E-state index in [0.29, 0.717) is 5.56 Å². The molecule has 0 fully saturated rings. The summed E-state index contributed by atoms with van der Waals surface area (Å²) in [5.41, 5.74) is 1.25. The molecule has 0 atom stereocenters. The number of benzene rings is 1. The number of aromatic carboxylic acids is 1. The summed E-state index contributed by atoms with van der Waals surface area (Å²) >= 11 is 1.33. The van der Waals surface area contributed by atoms with Crippen LogP contribution >= 0.6 is 11.9 Å². The molecule has 1 aliphatic heterocycles. The molecule has 1 aliphatic rings. The Morgan fingerprint density at radius 1 is 1.62 bits per heavy atom. The van der Waals surface area contributed by atoms with Crippen LogP contribution in [-0.4, -0.2) is 18.1 Å². The Morgan fingerprint density at radius 2 is 2.38 bits per heavy atom. The van der Waals surface area contributed by atoms with E-state index in [0.717, 1.165) is 10.6 Å². The zero-order valence-electron chi connectivity index (χ0n) is 6.94. The van der Waals surface area contributed by atoms with Gasteiger partial charge in [-0.2, -0.15) is 4.83 Å². The summed E-state index contributed by atoms with van der Waals surface area (Å²) in [6.45, 7) is 0. The number of hydrazine groups is 1. The molecule has 1 heterocycles. The van der Waals surface area contributed by atoms with Gasteiger partial charge in [0.1, 0.15) is 0 Å². The van der Waals surface area contributed by atoms with Gasteiger partial charge in [0.05, 0.1) is 16.1 Å². The predicted molar refractivity (Wildman–Crippen MR) is 50.8 cm³/mol. The molecule has 2 rings (SSSR count). The summed E-state index contributed by atoms with van der Waals surface area (Å²) in [4.78, 5) is 14.6. The average molecular weight is 196 g/mol. The van der Waals surface area contributed by atoms with Gasteiger partial charge < -0.3 is 10.1 Å². The smallest absolute Gasteiger partial charge is 0.336 e. The largest absolute Gasteiger partial charge is 0.478 e. The topological polar surface area (TPSA) is 52.6 Å². The number of hydrogen-bond acceptors (Lipinski definition) is 4. The molecule has 13 heavy (non-hydrogen) atoms. The summed E-state index contributed by atoms with van der Waals surface area (Å²) in [6, 6.07) is 5.23. The number of nitrogens with zero attached hydrogens (tertiary/aromatic N) is 1. The van der Waals surface area contributed by atoms with Gasteiger partial charge in [-0.05, 0) is 24.1 Å². The molecule has 4 nitrogen and oxygen atoms in total. The van der Waals surface area contributed by atoms with Gasteiger partial charge in [-0.25, -0.2) is 4.79 Å². The molecule has 0 bridgehead atoms. The fourth-order valence-electron chi connectivity index (χ4n) is 1.23. The van der Waals surface area contributed by atoms with Crippen molar-refractivity contribution in [1.82, 2.24) is 4.83 Å². The average Bonchev–Trinajstić information content (AvgIpc) is 2.48. The highest BCUT2D eigenvalue weighted by atomic mass is 32.2. The number of nitrogens with one attached hydrogen (secondary N) is 1. The van der Waals surface area contributed by atoms with Crippen LogP contribution in [0.4, 0.5) is 5.69 Å². The van der Waals surface area contributed by atoms with Crippen molar-refractivity contribution in [2.75, 3.05) is 12.1 Å². The van der Waals surface area contributed by atoms with Crippen LogP contribution in [0.25, 0.3) is 0 Å². The molecule has 0 aliphatic carbocycles. The first-order valence-electron chi connectivity index (χ1n) is 3.72. The van der Waals surface area contributed by atoms with Crippen molar-refractivity contribution in [2.24, 2.45) is 0 Å². The molecule has 0 saturated carbocycles. The van der Waals surface area contributed by atoms with E-state index in [1.807, 2.05) is 13.1 Å². The van der Waals surface area contributed by atoms with Crippen LogP contribution < -0.4 is 9.84 Å². The Morgan fingerprint density at radius 3 is 3.08 bits per heavy atom. The molecule has 0 amide bonds. The van der Waals surface area contributed by atoms with Crippen molar-refractivity contribution in [3.05, 3.63) is 23.8 Å². The van der Waals surface area contributed by atoms with Gasteiger partial charge in [0.25, 0.3) is 0 Å². The second-order valence-corrected chi connectivity index (χ2v) is 3.51. The van der Waals surface area contributed by atoms with Crippen molar-refractivity contribution >= 4 is 23.6 Å². The fraction of sp³-hybridized carbons (Fsp3) is 0.125. The lowest BCUT2D eigenvalue weighted by atomic mass is 10.2. The molecule has 0 spiro atoms. The van der Waals surface area contributed by atoms with E-state index in [2.05, 4.69) is 4.83 Å². The second kappa shape index (κ2) is 2.93. The van der Waals surface area contributed by atoms with Crippen LogP contribution in [0.15, 0.2) is 23.1 Å². The Bertz CT molecular complexity index is 367. The number of carboxylic acid groups (broad SMARTS) is 1. The molecule has 0 saturated heterocycles.